The van der Waals surface area contributed by atoms with E-state index in [1.165, 1.54) is 334 Å². The van der Waals surface area contributed by atoms with Crippen LogP contribution in [0.4, 0.5) is 0 Å². The quantitative estimate of drug-likeness (QED) is 0.0195. The average molecular weight is 1260 g/mol. The van der Waals surface area contributed by atoms with E-state index in [4.69, 9.17) is 18.5 Å². The minimum atomic E-state index is -4.64. The summed E-state index contributed by atoms with van der Waals surface area (Å²) >= 11 is 0. The number of phosphoric ester groups is 1. The molecule has 0 aliphatic heterocycles. The number of esters is 2. The molecule has 2 atom stereocenters. The van der Waals surface area contributed by atoms with E-state index < -0.39 is 26.5 Å². The maximum absolute atomic E-state index is 12.9. The fourth-order valence-corrected chi connectivity index (χ4v) is 12.7. The molecular formula is C78H152NO8P. The molecule has 0 N–H and O–H groups in total. The third kappa shape index (κ3) is 73.5. The van der Waals surface area contributed by atoms with Gasteiger partial charge in [-0.2, -0.15) is 0 Å². The lowest BCUT2D eigenvalue weighted by molar-refractivity contribution is -0.870. The molecule has 0 aromatic carbocycles. The maximum atomic E-state index is 12.9. The van der Waals surface area contributed by atoms with Crippen LogP contribution in [0, 0.1) is 0 Å². The highest BCUT2D eigenvalue weighted by Gasteiger charge is 2.22. The van der Waals surface area contributed by atoms with Crippen LogP contribution in [-0.2, 0) is 32.7 Å². The number of phosphoric acid groups is 1. The van der Waals surface area contributed by atoms with Gasteiger partial charge in [-0.3, -0.25) is 14.2 Å². The van der Waals surface area contributed by atoms with Crippen molar-refractivity contribution in [1.82, 2.24) is 0 Å². The van der Waals surface area contributed by atoms with E-state index in [1.54, 1.807) is 0 Å². The lowest BCUT2D eigenvalue weighted by atomic mass is 10.0. The van der Waals surface area contributed by atoms with Crippen molar-refractivity contribution in [2.24, 2.45) is 0 Å². The summed E-state index contributed by atoms with van der Waals surface area (Å²) in [4.78, 5) is 38.1. The van der Waals surface area contributed by atoms with Crippen molar-refractivity contribution in [3.63, 3.8) is 0 Å². The Hall–Kier alpha value is -1.51. The number of rotatable bonds is 74. The summed E-state index contributed by atoms with van der Waals surface area (Å²) in [5.74, 6) is -0.810. The molecule has 2 unspecified atom stereocenters. The van der Waals surface area contributed by atoms with Crippen LogP contribution < -0.4 is 4.89 Å². The summed E-state index contributed by atoms with van der Waals surface area (Å²) in [5, 5.41) is 0. The Morgan fingerprint density at radius 2 is 0.614 bits per heavy atom. The van der Waals surface area contributed by atoms with Crippen molar-refractivity contribution >= 4 is 19.8 Å². The van der Waals surface area contributed by atoms with Gasteiger partial charge in [-0.1, -0.05) is 378 Å². The molecule has 0 bridgehead atoms. The van der Waals surface area contributed by atoms with Crippen LogP contribution in [0.3, 0.4) is 0 Å². The van der Waals surface area contributed by atoms with Gasteiger partial charge in [0, 0.05) is 12.8 Å². The van der Waals surface area contributed by atoms with Crippen LogP contribution in [0.1, 0.15) is 412 Å². The molecule has 0 fully saturated rings. The second-order valence-electron chi connectivity index (χ2n) is 28.1. The number of allylic oxidation sites excluding steroid dienone is 4. The number of hydrogen-bond acceptors (Lipinski definition) is 8. The standard InChI is InChI=1S/C78H152NO8P/c1-6-8-10-12-14-16-18-20-22-24-26-28-30-32-33-34-35-36-37-38-39-40-41-42-43-44-45-47-48-50-52-54-56-58-60-62-64-66-68-70-77(80)84-74-76(75-86-88(82,83)85-73-72-79(3,4)5)87-78(81)71-69-67-65-63-61-59-57-55-53-51-49-46-31-29-27-25-23-21-19-17-15-13-11-9-7-2/h19,21,25,27,76H,6-18,20,22-24,26,28-75H2,1-5H3/b21-19-,27-25-. The second kappa shape index (κ2) is 69.8. The first-order chi connectivity index (χ1) is 43.0. The molecule has 88 heavy (non-hydrogen) atoms. The number of unbranched alkanes of at least 4 members (excludes halogenated alkanes) is 56. The normalized spacial score (nSPS) is 13.1. The second-order valence-corrected chi connectivity index (χ2v) is 29.5. The molecule has 9 nitrogen and oxygen atoms in total. The zero-order valence-corrected chi connectivity index (χ0v) is 60.6. The molecule has 0 aliphatic carbocycles. The number of hydrogen-bond donors (Lipinski definition) is 0. The molecule has 0 saturated carbocycles. The lowest BCUT2D eigenvalue weighted by Crippen LogP contribution is -2.37. The molecular weight excluding hydrogens is 1110 g/mol. The van der Waals surface area contributed by atoms with Crippen molar-refractivity contribution < 1.29 is 42.1 Å². The van der Waals surface area contributed by atoms with Gasteiger partial charge >= 0.3 is 11.9 Å². The number of carbonyl (C=O) groups excluding carboxylic acids is 2. The van der Waals surface area contributed by atoms with Gasteiger partial charge in [-0.05, 0) is 44.9 Å². The summed E-state index contributed by atoms with van der Waals surface area (Å²) in [7, 11) is 1.19. The van der Waals surface area contributed by atoms with Crippen molar-refractivity contribution in [3.8, 4) is 0 Å². The van der Waals surface area contributed by atoms with Crippen molar-refractivity contribution in [3.05, 3.63) is 24.3 Å². The fourth-order valence-electron chi connectivity index (χ4n) is 12.0. The maximum Gasteiger partial charge on any atom is 0.306 e. The minimum Gasteiger partial charge on any atom is -0.756 e. The predicted octanol–water partition coefficient (Wildman–Crippen LogP) is 25.0. The summed E-state index contributed by atoms with van der Waals surface area (Å²) in [6.07, 6.45) is 88.8. The Morgan fingerprint density at radius 1 is 0.352 bits per heavy atom. The molecule has 0 aliphatic rings. The topological polar surface area (TPSA) is 111 Å². The van der Waals surface area contributed by atoms with Crippen molar-refractivity contribution in [2.75, 3.05) is 47.5 Å². The first-order valence-electron chi connectivity index (χ1n) is 39.0. The van der Waals surface area contributed by atoms with Crippen LogP contribution in [0.2, 0.25) is 0 Å². The summed E-state index contributed by atoms with van der Waals surface area (Å²) in [6.45, 7) is 4.31. The van der Waals surface area contributed by atoms with E-state index in [0.717, 1.165) is 44.9 Å². The lowest BCUT2D eigenvalue weighted by Gasteiger charge is -2.28. The van der Waals surface area contributed by atoms with Crippen LogP contribution in [0.5, 0.6) is 0 Å². The van der Waals surface area contributed by atoms with E-state index in [9.17, 15) is 19.0 Å². The number of ether oxygens (including phenoxy) is 2. The van der Waals surface area contributed by atoms with E-state index in [1.807, 2.05) is 21.1 Å². The summed E-state index contributed by atoms with van der Waals surface area (Å²) < 4.78 is 34.4. The van der Waals surface area contributed by atoms with Gasteiger partial charge in [-0.25, -0.2) is 0 Å². The Balaban J connectivity index is 3.87. The highest BCUT2D eigenvalue weighted by Crippen LogP contribution is 2.38. The average Bonchev–Trinajstić information content (AvgIpc) is 3.57. The van der Waals surface area contributed by atoms with Crippen LogP contribution >= 0.6 is 7.82 Å². The van der Waals surface area contributed by atoms with Gasteiger partial charge in [0.1, 0.15) is 19.8 Å². The molecule has 0 saturated heterocycles. The molecule has 0 amide bonds. The highest BCUT2D eigenvalue weighted by atomic mass is 31.2. The highest BCUT2D eigenvalue weighted by molar-refractivity contribution is 7.45. The Kier molecular flexibility index (Phi) is 68.6. The third-order valence-electron chi connectivity index (χ3n) is 18.0. The number of quaternary nitrogens is 1. The van der Waals surface area contributed by atoms with E-state index in [-0.39, 0.29) is 32.0 Å². The number of likely N-dealkylation sites (N-methyl/N-ethyl adjacent to an activating group) is 1. The van der Waals surface area contributed by atoms with Gasteiger partial charge in [0.05, 0.1) is 27.7 Å². The third-order valence-corrected chi connectivity index (χ3v) is 18.9. The first-order valence-corrected chi connectivity index (χ1v) is 40.5. The molecule has 0 radical (unpaired) electrons. The summed E-state index contributed by atoms with van der Waals surface area (Å²) in [6, 6.07) is 0. The first kappa shape index (κ1) is 86.5. The predicted molar refractivity (Wildman–Crippen MR) is 379 cm³/mol. The monoisotopic (exact) mass is 1260 g/mol. The Bertz CT molecular complexity index is 1530. The van der Waals surface area contributed by atoms with Gasteiger partial charge in [-0.15, -0.1) is 0 Å². The Morgan fingerprint density at radius 3 is 0.898 bits per heavy atom. The minimum absolute atomic E-state index is 0.0277. The van der Waals surface area contributed by atoms with Crippen LogP contribution in [0.25, 0.3) is 0 Å². The molecule has 0 spiro atoms. The smallest absolute Gasteiger partial charge is 0.306 e. The largest absolute Gasteiger partial charge is 0.756 e. The molecule has 0 aromatic rings. The van der Waals surface area contributed by atoms with E-state index in [0.29, 0.717) is 17.4 Å². The van der Waals surface area contributed by atoms with Crippen LogP contribution in [0.15, 0.2) is 24.3 Å². The van der Waals surface area contributed by atoms with Crippen LogP contribution in [-0.4, -0.2) is 70.0 Å². The Labute approximate surface area is 549 Å². The molecule has 10 heteroatoms. The SMILES string of the molecule is CCCCCCC/C=C\C/C=C\CCCCCCCCCCCCCCCC(=O)OC(COC(=O)CCCCCCCCCCCCCCCCCCCCCCCCCCCCCCCCCCCCCCCCC)COP(=O)([O-])OCC[N+](C)(C)C. The van der Waals surface area contributed by atoms with Crippen molar-refractivity contribution in [2.45, 2.75) is 418 Å². The van der Waals surface area contributed by atoms with Gasteiger partial charge in [0.25, 0.3) is 7.82 Å². The van der Waals surface area contributed by atoms with Crippen molar-refractivity contribution in [1.29, 1.82) is 0 Å². The van der Waals surface area contributed by atoms with Gasteiger partial charge < -0.3 is 27.9 Å². The molecule has 522 valence electrons. The fraction of sp³-hybridized carbons (Fsp3) is 0.923. The number of nitrogens with zero attached hydrogens (tertiary/aromatic N) is 1. The van der Waals surface area contributed by atoms with Gasteiger partial charge in [0.2, 0.25) is 0 Å². The van der Waals surface area contributed by atoms with Gasteiger partial charge in [0.15, 0.2) is 6.10 Å². The number of carbonyl (C=O) groups is 2. The zero-order valence-electron chi connectivity index (χ0n) is 59.7. The molecule has 0 rings (SSSR count). The van der Waals surface area contributed by atoms with E-state index >= 15 is 0 Å². The van der Waals surface area contributed by atoms with E-state index in [2.05, 4.69) is 38.2 Å². The zero-order chi connectivity index (χ0) is 64.1. The molecule has 0 aromatic heterocycles. The molecule has 0 heterocycles. The summed E-state index contributed by atoms with van der Waals surface area (Å²) in [5.41, 5.74) is 0.